The molecule has 58 heavy (non-hydrogen) atoms. The van der Waals surface area contributed by atoms with Crippen molar-refractivity contribution >= 4 is 92.4 Å². The molecule has 272 valence electrons. The Morgan fingerprint density at radius 1 is 0.362 bits per heavy atom. The molecular formula is C54H33NO2S. The summed E-state index contributed by atoms with van der Waals surface area (Å²) in [5.74, 6) is 0. The van der Waals surface area contributed by atoms with Crippen LogP contribution in [0.4, 0.5) is 17.1 Å². The molecule has 12 rings (SSSR count). The average Bonchev–Trinajstić information content (AvgIpc) is 3.98. The normalized spacial score (nSPS) is 11.8. The van der Waals surface area contributed by atoms with Crippen molar-refractivity contribution in [3.05, 3.63) is 200 Å². The Morgan fingerprint density at radius 3 is 1.76 bits per heavy atom. The molecule has 0 aliphatic heterocycles. The smallest absolute Gasteiger partial charge is 0.144 e. The van der Waals surface area contributed by atoms with Crippen LogP contribution in [0.2, 0.25) is 0 Å². The van der Waals surface area contributed by atoms with Gasteiger partial charge in [-0.1, -0.05) is 140 Å². The highest BCUT2D eigenvalue weighted by atomic mass is 32.1. The molecule has 0 atom stereocenters. The van der Waals surface area contributed by atoms with Crippen molar-refractivity contribution in [1.29, 1.82) is 0 Å². The van der Waals surface area contributed by atoms with Gasteiger partial charge < -0.3 is 13.7 Å². The van der Waals surface area contributed by atoms with Gasteiger partial charge in [0, 0.05) is 70.4 Å². The molecular weight excluding hydrogens is 727 g/mol. The van der Waals surface area contributed by atoms with Crippen molar-refractivity contribution in [3.63, 3.8) is 0 Å². The Hall–Kier alpha value is -7.40. The second-order valence-corrected chi connectivity index (χ2v) is 15.9. The molecule has 0 saturated carbocycles. The van der Waals surface area contributed by atoms with Gasteiger partial charge in [0.15, 0.2) is 0 Å². The van der Waals surface area contributed by atoms with Crippen LogP contribution in [0.1, 0.15) is 0 Å². The fourth-order valence-electron chi connectivity index (χ4n) is 8.77. The highest BCUT2D eigenvalue weighted by Crippen LogP contribution is 2.47. The minimum atomic E-state index is 0.820. The third-order valence-corrected chi connectivity index (χ3v) is 12.7. The lowest BCUT2D eigenvalue weighted by Gasteiger charge is -2.26. The van der Waals surface area contributed by atoms with E-state index in [-0.39, 0.29) is 0 Å². The number of thiophene rings is 1. The van der Waals surface area contributed by atoms with E-state index in [0.29, 0.717) is 0 Å². The highest BCUT2D eigenvalue weighted by molar-refractivity contribution is 7.26. The van der Waals surface area contributed by atoms with Gasteiger partial charge in [0.2, 0.25) is 0 Å². The minimum Gasteiger partial charge on any atom is -0.456 e. The van der Waals surface area contributed by atoms with E-state index in [4.69, 9.17) is 8.83 Å². The zero-order chi connectivity index (χ0) is 38.2. The Bertz CT molecular complexity index is 3490. The first-order valence-corrected chi connectivity index (χ1v) is 20.4. The van der Waals surface area contributed by atoms with Crippen LogP contribution in [-0.2, 0) is 0 Å². The molecule has 0 aliphatic rings. The van der Waals surface area contributed by atoms with Crippen LogP contribution in [0, 0.1) is 0 Å². The van der Waals surface area contributed by atoms with E-state index in [1.807, 2.05) is 23.5 Å². The zero-order valence-electron chi connectivity index (χ0n) is 31.2. The summed E-state index contributed by atoms with van der Waals surface area (Å²) < 4.78 is 16.1. The summed E-state index contributed by atoms with van der Waals surface area (Å²) in [5.41, 5.74) is 13.5. The molecule has 0 fully saturated rings. The lowest BCUT2D eigenvalue weighted by Crippen LogP contribution is -2.09. The summed E-state index contributed by atoms with van der Waals surface area (Å²) in [6.45, 7) is 0. The van der Waals surface area contributed by atoms with Crippen LogP contribution < -0.4 is 4.90 Å². The first-order chi connectivity index (χ1) is 28.7. The van der Waals surface area contributed by atoms with Gasteiger partial charge in [0.1, 0.15) is 22.3 Å². The molecule has 4 heteroatoms. The maximum absolute atomic E-state index is 6.98. The quantitative estimate of drug-likeness (QED) is 0.169. The number of furan rings is 2. The number of para-hydroxylation sites is 1. The third kappa shape index (κ3) is 5.19. The molecule has 3 heterocycles. The van der Waals surface area contributed by atoms with E-state index < -0.39 is 0 Å². The topological polar surface area (TPSA) is 29.5 Å². The van der Waals surface area contributed by atoms with Crippen molar-refractivity contribution in [2.24, 2.45) is 0 Å². The van der Waals surface area contributed by atoms with Gasteiger partial charge in [0.25, 0.3) is 0 Å². The van der Waals surface area contributed by atoms with Crippen molar-refractivity contribution < 1.29 is 8.83 Å². The van der Waals surface area contributed by atoms with E-state index in [2.05, 4.69) is 193 Å². The standard InChI is InChI=1S/C54H33NO2S/c1-3-12-34(13-4-1)35-22-26-38(27-23-35)55(39-28-24-36(25-29-39)41-18-11-19-44-43-16-8-10-21-50(43)58-54(41)44)40-30-31-42-46-33-49-52(45-17-7-9-20-47(45)56-49)51(37-14-5-2-6-15-37)53(46)57-48(42)32-40/h1-33H. The maximum Gasteiger partial charge on any atom is 0.144 e. The van der Waals surface area contributed by atoms with Crippen molar-refractivity contribution in [1.82, 2.24) is 0 Å². The molecule has 0 amide bonds. The van der Waals surface area contributed by atoms with E-state index >= 15 is 0 Å². The molecule has 0 unspecified atom stereocenters. The summed E-state index contributed by atoms with van der Waals surface area (Å²) >= 11 is 1.86. The lowest BCUT2D eigenvalue weighted by atomic mass is 9.96. The Kier molecular flexibility index (Phi) is 7.40. The number of hydrogen-bond acceptors (Lipinski definition) is 4. The Labute approximate surface area is 338 Å². The van der Waals surface area contributed by atoms with Gasteiger partial charge in [-0.2, -0.15) is 0 Å². The average molecular weight is 760 g/mol. The van der Waals surface area contributed by atoms with E-state index in [1.165, 1.54) is 42.4 Å². The van der Waals surface area contributed by atoms with E-state index in [0.717, 1.165) is 72.1 Å². The zero-order valence-corrected chi connectivity index (χ0v) is 32.0. The number of benzene rings is 9. The third-order valence-electron chi connectivity index (χ3n) is 11.5. The molecule has 3 nitrogen and oxygen atoms in total. The minimum absolute atomic E-state index is 0.820. The van der Waals surface area contributed by atoms with Gasteiger partial charge in [-0.25, -0.2) is 0 Å². The second kappa shape index (κ2) is 13.1. The van der Waals surface area contributed by atoms with Gasteiger partial charge in [-0.15, -0.1) is 11.3 Å². The number of hydrogen-bond donors (Lipinski definition) is 0. The lowest BCUT2D eigenvalue weighted by molar-refractivity contribution is 0.664. The summed E-state index contributed by atoms with van der Waals surface area (Å²) in [4.78, 5) is 2.32. The fraction of sp³-hybridized carbons (Fsp3) is 0. The van der Waals surface area contributed by atoms with E-state index in [9.17, 15) is 0 Å². The predicted octanol–water partition coefficient (Wildman–Crippen LogP) is 16.3. The molecule has 12 aromatic rings. The SMILES string of the molecule is c1ccc(-c2ccc(N(c3ccc(-c4cccc5c4sc4ccccc45)cc3)c3ccc4c(c3)oc3c(-c5ccccc5)c5c(cc34)oc3ccccc35)cc2)cc1. The first kappa shape index (κ1) is 32.8. The summed E-state index contributed by atoms with van der Waals surface area (Å²) in [6.07, 6.45) is 0. The van der Waals surface area contributed by atoms with Gasteiger partial charge in [-0.3, -0.25) is 0 Å². The monoisotopic (exact) mass is 759 g/mol. The molecule has 0 radical (unpaired) electrons. The van der Waals surface area contributed by atoms with Crippen LogP contribution in [0.3, 0.4) is 0 Å². The highest BCUT2D eigenvalue weighted by Gasteiger charge is 2.22. The number of nitrogens with zero attached hydrogens (tertiary/aromatic N) is 1. The van der Waals surface area contributed by atoms with Gasteiger partial charge in [-0.05, 0) is 82.4 Å². The molecule has 0 spiro atoms. The van der Waals surface area contributed by atoms with Crippen LogP contribution in [-0.4, -0.2) is 0 Å². The Morgan fingerprint density at radius 2 is 0.983 bits per heavy atom. The number of anilines is 3. The molecule has 3 aromatic heterocycles. The van der Waals surface area contributed by atoms with Crippen molar-refractivity contribution in [2.45, 2.75) is 0 Å². The second-order valence-electron chi connectivity index (χ2n) is 14.8. The molecule has 0 saturated heterocycles. The van der Waals surface area contributed by atoms with Crippen molar-refractivity contribution in [3.8, 4) is 33.4 Å². The summed E-state index contributed by atoms with van der Waals surface area (Å²) in [6, 6.07) is 71.2. The van der Waals surface area contributed by atoms with E-state index in [1.54, 1.807) is 0 Å². The molecule has 9 aromatic carbocycles. The Balaban J connectivity index is 1.03. The molecule has 0 bridgehead atoms. The summed E-state index contributed by atoms with van der Waals surface area (Å²) in [5, 5.41) is 6.84. The maximum atomic E-state index is 6.98. The number of rotatable bonds is 6. The molecule has 0 N–H and O–H groups in total. The first-order valence-electron chi connectivity index (χ1n) is 19.6. The fourth-order valence-corrected chi connectivity index (χ4v) is 10.0. The largest absolute Gasteiger partial charge is 0.456 e. The van der Waals surface area contributed by atoms with Crippen molar-refractivity contribution in [2.75, 3.05) is 4.90 Å². The summed E-state index contributed by atoms with van der Waals surface area (Å²) in [7, 11) is 0. The number of fused-ring (bicyclic) bond motifs is 9. The van der Waals surface area contributed by atoms with Gasteiger partial charge >= 0.3 is 0 Å². The van der Waals surface area contributed by atoms with Crippen LogP contribution >= 0.6 is 11.3 Å². The van der Waals surface area contributed by atoms with Crippen LogP contribution in [0.5, 0.6) is 0 Å². The van der Waals surface area contributed by atoms with Crippen LogP contribution in [0.15, 0.2) is 209 Å². The predicted molar refractivity (Wildman–Crippen MR) is 245 cm³/mol. The van der Waals surface area contributed by atoms with Gasteiger partial charge in [0.05, 0.1) is 0 Å². The molecule has 0 aliphatic carbocycles. The van der Waals surface area contributed by atoms with Crippen LogP contribution in [0.25, 0.3) is 97.4 Å².